The lowest BCUT2D eigenvalue weighted by atomic mass is 9.77. The molecule has 152 valence electrons. The van der Waals surface area contributed by atoms with Gasteiger partial charge in [0.2, 0.25) is 0 Å². The molecular weight excluding hydrogens is 346 g/mol. The van der Waals surface area contributed by atoms with E-state index < -0.39 is 0 Å². The van der Waals surface area contributed by atoms with E-state index in [4.69, 9.17) is 14.6 Å². The van der Waals surface area contributed by atoms with Crippen molar-refractivity contribution >= 4 is 5.91 Å². The molecule has 1 N–H and O–H groups in total. The fourth-order valence-electron chi connectivity index (χ4n) is 4.33. The van der Waals surface area contributed by atoms with Crippen LogP contribution in [0.15, 0.2) is 0 Å². The zero-order valence-corrected chi connectivity index (χ0v) is 17.0. The van der Waals surface area contributed by atoms with Crippen LogP contribution in [-0.4, -0.2) is 65.2 Å². The molecular formula is C20H33N3O4. The Labute approximate surface area is 161 Å². The lowest BCUT2D eigenvalue weighted by molar-refractivity contribution is -0.00726. The van der Waals surface area contributed by atoms with Gasteiger partial charge in [-0.15, -0.1) is 0 Å². The summed E-state index contributed by atoms with van der Waals surface area (Å²) in [6, 6.07) is 0. The second-order valence-corrected chi connectivity index (χ2v) is 8.03. The van der Waals surface area contributed by atoms with Gasteiger partial charge in [-0.25, -0.2) is 0 Å². The number of nitrogens with zero attached hydrogens (tertiary/aromatic N) is 3. The maximum atomic E-state index is 13.4. The molecule has 2 aliphatic rings. The number of methoxy groups -OCH3 is 1. The quantitative estimate of drug-likeness (QED) is 0.820. The number of aliphatic hydroxyl groups is 1. The van der Waals surface area contributed by atoms with E-state index in [1.165, 1.54) is 0 Å². The largest absolute Gasteiger partial charge is 0.396 e. The highest BCUT2D eigenvalue weighted by molar-refractivity contribution is 5.94. The van der Waals surface area contributed by atoms with Crippen LogP contribution in [0.2, 0.25) is 0 Å². The second kappa shape index (κ2) is 8.29. The highest BCUT2D eigenvalue weighted by Gasteiger charge is 2.37. The van der Waals surface area contributed by atoms with Crippen LogP contribution < -0.4 is 0 Å². The summed E-state index contributed by atoms with van der Waals surface area (Å²) in [7, 11) is 1.66. The van der Waals surface area contributed by atoms with E-state index in [0.29, 0.717) is 38.4 Å². The zero-order chi connectivity index (χ0) is 19.6. The van der Waals surface area contributed by atoms with Gasteiger partial charge in [0.1, 0.15) is 5.69 Å². The first kappa shape index (κ1) is 20.3. The number of piperidine rings is 1. The van der Waals surface area contributed by atoms with E-state index in [1.807, 2.05) is 23.4 Å². The first-order valence-electron chi connectivity index (χ1n) is 10.1. The lowest BCUT2D eigenvalue weighted by Crippen LogP contribution is -2.45. The number of likely N-dealkylation sites (tertiary alicyclic amines) is 1. The van der Waals surface area contributed by atoms with Gasteiger partial charge >= 0.3 is 0 Å². The van der Waals surface area contributed by atoms with Crippen molar-refractivity contribution in [3.8, 4) is 0 Å². The van der Waals surface area contributed by atoms with E-state index in [-0.39, 0.29) is 30.1 Å². The highest BCUT2D eigenvalue weighted by atomic mass is 16.5. The Morgan fingerprint density at radius 2 is 2.07 bits per heavy atom. The Hall–Kier alpha value is -1.44. The fraction of sp³-hybridized carbons (Fsp3) is 0.800. The Balaban J connectivity index is 1.87. The van der Waals surface area contributed by atoms with Gasteiger partial charge in [-0.3, -0.25) is 9.48 Å². The zero-order valence-electron chi connectivity index (χ0n) is 17.0. The Bertz CT molecular complexity index is 658. The molecule has 3 heterocycles. The molecule has 1 aromatic rings. The third-order valence-corrected chi connectivity index (χ3v) is 6.30. The molecule has 0 spiro atoms. The summed E-state index contributed by atoms with van der Waals surface area (Å²) in [6.45, 7) is 8.76. The van der Waals surface area contributed by atoms with E-state index in [2.05, 4.69) is 6.92 Å². The molecule has 1 amide bonds. The minimum absolute atomic E-state index is 0.0383. The number of amides is 1. The Kier molecular flexibility index (Phi) is 6.23. The summed E-state index contributed by atoms with van der Waals surface area (Å²) in [5.74, 6) is 0.0452. The standard InChI is InChI=1S/C20H33N3O4/c1-5-20(13-24)6-8-22(9-7-20)19(25)18-16-12-14(2)27-15(3)17(16)21-23(18)10-11-26-4/h14-15,24H,5-13H2,1-4H3/t14-,15+/m1/s1. The van der Waals surface area contributed by atoms with Crippen LogP contribution in [-0.2, 0) is 22.4 Å². The van der Waals surface area contributed by atoms with E-state index in [9.17, 15) is 9.90 Å². The average molecular weight is 380 g/mol. The van der Waals surface area contributed by atoms with Crippen molar-refractivity contribution in [3.63, 3.8) is 0 Å². The molecule has 2 aliphatic heterocycles. The SMILES string of the molecule is CCC1(CO)CCN(C(=O)c2c3c(nn2CCOC)[C@H](C)O[C@H](C)C3)CC1. The second-order valence-electron chi connectivity index (χ2n) is 8.03. The summed E-state index contributed by atoms with van der Waals surface area (Å²) in [6.07, 6.45) is 3.30. The van der Waals surface area contributed by atoms with Gasteiger partial charge in [0.25, 0.3) is 5.91 Å². The smallest absolute Gasteiger partial charge is 0.272 e. The topological polar surface area (TPSA) is 76.8 Å². The molecule has 0 aromatic carbocycles. The van der Waals surface area contributed by atoms with E-state index in [0.717, 1.165) is 30.5 Å². The van der Waals surface area contributed by atoms with Crippen molar-refractivity contribution in [3.05, 3.63) is 17.0 Å². The van der Waals surface area contributed by atoms with Crippen molar-refractivity contribution in [2.75, 3.05) is 33.4 Å². The van der Waals surface area contributed by atoms with Crippen LogP contribution in [0.3, 0.4) is 0 Å². The Morgan fingerprint density at radius 1 is 1.37 bits per heavy atom. The molecule has 7 heteroatoms. The predicted octanol–water partition coefficient (Wildman–Crippen LogP) is 2.18. The molecule has 0 aliphatic carbocycles. The van der Waals surface area contributed by atoms with Crippen LogP contribution in [0.5, 0.6) is 0 Å². The molecule has 0 radical (unpaired) electrons. The van der Waals surface area contributed by atoms with Crippen LogP contribution in [0.1, 0.15) is 67.9 Å². The number of carbonyl (C=O) groups is 1. The first-order valence-corrected chi connectivity index (χ1v) is 10.1. The van der Waals surface area contributed by atoms with Gasteiger partial charge < -0.3 is 19.5 Å². The maximum Gasteiger partial charge on any atom is 0.272 e. The average Bonchev–Trinajstić information content (AvgIpc) is 3.04. The van der Waals surface area contributed by atoms with Crippen LogP contribution in [0.25, 0.3) is 0 Å². The monoisotopic (exact) mass is 379 g/mol. The number of fused-ring (bicyclic) bond motifs is 1. The number of aliphatic hydroxyl groups excluding tert-OH is 1. The molecule has 0 saturated carbocycles. The number of rotatable bonds is 6. The number of hydrogen-bond acceptors (Lipinski definition) is 5. The van der Waals surface area contributed by atoms with Gasteiger partial charge in [0, 0.05) is 38.8 Å². The summed E-state index contributed by atoms with van der Waals surface area (Å²) in [5, 5.41) is 14.5. The van der Waals surface area contributed by atoms with Crippen LogP contribution >= 0.6 is 0 Å². The maximum absolute atomic E-state index is 13.4. The molecule has 27 heavy (non-hydrogen) atoms. The third kappa shape index (κ3) is 3.91. The van der Waals surface area contributed by atoms with E-state index in [1.54, 1.807) is 7.11 Å². The van der Waals surface area contributed by atoms with Crippen molar-refractivity contribution < 1.29 is 19.4 Å². The third-order valence-electron chi connectivity index (χ3n) is 6.30. The van der Waals surface area contributed by atoms with Gasteiger partial charge in [-0.1, -0.05) is 6.92 Å². The molecule has 1 aromatic heterocycles. The van der Waals surface area contributed by atoms with Crippen molar-refractivity contribution in [1.29, 1.82) is 0 Å². The number of hydrogen-bond donors (Lipinski definition) is 1. The first-order chi connectivity index (χ1) is 12.9. The predicted molar refractivity (Wildman–Crippen MR) is 102 cm³/mol. The molecule has 2 atom stereocenters. The van der Waals surface area contributed by atoms with E-state index >= 15 is 0 Å². The summed E-state index contributed by atoms with van der Waals surface area (Å²) in [5.41, 5.74) is 2.56. The highest BCUT2D eigenvalue weighted by Crippen LogP contribution is 2.36. The van der Waals surface area contributed by atoms with Crippen molar-refractivity contribution in [2.24, 2.45) is 5.41 Å². The lowest BCUT2D eigenvalue weighted by Gasteiger charge is -2.40. The van der Waals surface area contributed by atoms with Crippen LogP contribution in [0, 0.1) is 5.41 Å². The summed E-state index contributed by atoms with van der Waals surface area (Å²) >= 11 is 0. The minimum Gasteiger partial charge on any atom is -0.396 e. The van der Waals surface area contributed by atoms with Gasteiger partial charge in [0.05, 0.1) is 31.1 Å². The normalized spacial score (nSPS) is 24.7. The molecule has 0 bridgehead atoms. The molecule has 3 rings (SSSR count). The molecule has 0 unspecified atom stereocenters. The molecule has 1 saturated heterocycles. The fourth-order valence-corrected chi connectivity index (χ4v) is 4.33. The number of ether oxygens (including phenoxy) is 2. The minimum atomic E-state index is -0.109. The number of carbonyl (C=O) groups excluding carboxylic acids is 1. The van der Waals surface area contributed by atoms with Crippen molar-refractivity contribution in [2.45, 2.75) is 65.2 Å². The number of aromatic nitrogens is 2. The Morgan fingerprint density at radius 3 is 2.67 bits per heavy atom. The molecule has 1 fully saturated rings. The van der Waals surface area contributed by atoms with Crippen molar-refractivity contribution in [1.82, 2.24) is 14.7 Å². The van der Waals surface area contributed by atoms with Crippen LogP contribution in [0.4, 0.5) is 0 Å². The van der Waals surface area contributed by atoms with Gasteiger partial charge in [0.15, 0.2) is 0 Å². The molecule has 7 nitrogen and oxygen atoms in total. The summed E-state index contributed by atoms with van der Waals surface area (Å²) in [4.78, 5) is 15.4. The van der Waals surface area contributed by atoms with Gasteiger partial charge in [-0.2, -0.15) is 5.10 Å². The van der Waals surface area contributed by atoms with Gasteiger partial charge in [-0.05, 0) is 38.5 Å². The summed E-state index contributed by atoms with van der Waals surface area (Å²) < 4.78 is 12.9.